The Morgan fingerprint density at radius 1 is 1.17 bits per heavy atom. The van der Waals surface area contributed by atoms with E-state index in [2.05, 4.69) is 0 Å². The third-order valence-electron chi connectivity index (χ3n) is 2.24. The zero-order chi connectivity index (χ0) is 9.57. The summed E-state index contributed by atoms with van der Waals surface area (Å²) in [7, 11) is -0.761. The van der Waals surface area contributed by atoms with Gasteiger partial charge in [-0.05, 0) is 27.7 Å². The molecular weight excluding hydrogens is 174 g/mol. The average molecular weight is 192 g/mol. The van der Waals surface area contributed by atoms with Crippen LogP contribution in [0.15, 0.2) is 0 Å². The molecule has 0 atom stereocenters. The van der Waals surface area contributed by atoms with Gasteiger partial charge in [-0.25, -0.2) is 0 Å². The second-order valence-corrected chi connectivity index (χ2v) is 6.15. The van der Waals surface area contributed by atoms with Gasteiger partial charge in [0, 0.05) is 22.3 Å². The Balaban J connectivity index is 2.91. The minimum atomic E-state index is -0.761. The first-order valence-corrected chi connectivity index (χ1v) is 5.61. The Labute approximate surface area is 76.2 Å². The maximum absolute atomic E-state index is 11.4. The first-order valence-electron chi connectivity index (χ1n) is 4.12. The van der Waals surface area contributed by atoms with Crippen molar-refractivity contribution in [2.24, 2.45) is 0 Å². The van der Waals surface area contributed by atoms with Crippen LogP contribution in [0, 0.1) is 0 Å². The second kappa shape index (κ2) is 2.79. The lowest BCUT2D eigenvalue weighted by molar-refractivity contribution is -0.213. The lowest BCUT2D eigenvalue weighted by Gasteiger charge is -2.43. The van der Waals surface area contributed by atoms with Crippen LogP contribution in [0.5, 0.6) is 0 Å². The largest absolute Gasteiger partial charge is 0.338 e. The number of hydrogen-bond acceptors (Lipinski definition) is 2. The van der Waals surface area contributed by atoms with E-state index < -0.39 is 10.8 Å². The predicted octanol–water partition coefficient (Wildman–Crippen LogP) is 0.248. The zero-order valence-corrected chi connectivity index (χ0v) is 8.99. The minimum Gasteiger partial charge on any atom is -0.338 e. The van der Waals surface area contributed by atoms with Crippen molar-refractivity contribution in [2.75, 3.05) is 11.5 Å². The molecule has 0 spiro atoms. The molecule has 1 aliphatic heterocycles. The Morgan fingerprint density at radius 3 is 1.83 bits per heavy atom. The highest BCUT2D eigenvalue weighted by molar-refractivity contribution is 7.85. The highest BCUT2D eigenvalue weighted by Gasteiger charge is 2.47. The third kappa shape index (κ3) is 1.70. The lowest BCUT2D eigenvalue weighted by Crippen LogP contribution is -2.62. The average Bonchev–Trinajstić information content (AvgIpc) is 1.80. The molecule has 0 bridgehead atoms. The molecule has 1 fully saturated rings. The van der Waals surface area contributed by atoms with E-state index in [1.54, 1.807) is 5.06 Å². The molecule has 0 aromatic heterocycles. The maximum atomic E-state index is 11.4. The highest BCUT2D eigenvalue weighted by Crippen LogP contribution is 2.29. The molecule has 0 radical (unpaired) electrons. The summed E-state index contributed by atoms with van der Waals surface area (Å²) in [5.41, 5.74) is -0.515. The number of rotatable bonds is 0. The van der Waals surface area contributed by atoms with Crippen LogP contribution in [0.1, 0.15) is 27.7 Å². The number of hydroxylamine groups is 2. The SMILES string of the molecule is CC1(C)CS(=O)CC(C)(C)N1[OH2+]. The Morgan fingerprint density at radius 2 is 1.50 bits per heavy atom. The molecule has 0 aliphatic carbocycles. The van der Waals surface area contributed by atoms with Gasteiger partial charge in [0.25, 0.3) is 0 Å². The summed E-state index contributed by atoms with van der Waals surface area (Å²) < 4.78 is 11.4. The summed E-state index contributed by atoms with van der Waals surface area (Å²) in [5, 5.41) is 9.45. The van der Waals surface area contributed by atoms with Crippen molar-refractivity contribution in [3.8, 4) is 0 Å². The molecule has 1 rings (SSSR count). The molecule has 3 nitrogen and oxygen atoms in total. The Hall–Kier alpha value is 0.0700. The van der Waals surface area contributed by atoms with Gasteiger partial charge in [-0.3, -0.25) is 4.21 Å². The molecule has 0 aromatic rings. The van der Waals surface area contributed by atoms with Crippen LogP contribution in [0.2, 0.25) is 0 Å². The normalized spacial score (nSPS) is 30.4. The molecule has 0 amide bonds. The van der Waals surface area contributed by atoms with Gasteiger partial charge < -0.3 is 5.21 Å². The minimum absolute atomic E-state index is 0.257. The molecule has 2 N–H and O–H groups in total. The van der Waals surface area contributed by atoms with E-state index in [1.807, 2.05) is 27.7 Å². The molecule has 1 heterocycles. The monoisotopic (exact) mass is 192 g/mol. The van der Waals surface area contributed by atoms with Crippen molar-refractivity contribution < 1.29 is 9.42 Å². The second-order valence-electron chi connectivity index (χ2n) is 4.69. The maximum Gasteiger partial charge on any atom is 0.0949 e. The van der Waals surface area contributed by atoms with E-state index >= 15 is 0 Å². The van der Waals surface area contributed by atoms with Crippen LogP contribution in [0.3, 0.4) is 0 Å². The fourth-order valence-corrected chi connectivity index (χ4v) is 3.72. The first-order chi connectivity index (χ1) is 5.26. The summed E-state index contributed by atoms with van der Waals surface area (Å²) in [6.45, 7) is 7.88. The standard InChI is InChI=1S/C8H17NO2S/c1-7(2)5-12(11)6-8(3,4)9(7)10/h10H,5-6H2,1-4H3/p+1. The van der Waals surface area contributed by atoms with Crippen molar-refractivity contribution in [1.82, 2.24) is 5.06 Å². The molecule has 12 heavy (non-hydrogen) atoms. The molecule has 1 aliphatic rings. The highest BCUT2D eigenvalue weighted by atomic mass is 32.2. The van der Waals surface area contributed by atoms with Gasteiger partial charge >= 0.3 is 0 Å². The molecule has 0 saturated carbocycles. The molecule has 1 saturated heterocycles. The number of nitrogens with zero attached hydrogens (tertiary/aromatic N) is 1. The van der Waals surface area contributed by atoms with Gasteiger partial charge in [-0.15, -0.1) is 0 Å². The molecular formula is C8H18NO2S+. The molecule has 72 valence electrons. The summed E-state index contributed by atoms with van der Waals surface area (Å²) in [6, 6.07) is 0. The molecule has 0 unspecified atom stereocenters. The van der Waals surface area contributed by atoms with Gasteiger partial charge in [-0.1, -0.05) is 5.06 Å². The molecule has 4 heteroatoms. The van der Waals surface area contributed by atoms with Crippen molar-refractivity contribution in [2.45, 2.75) is 38.8 Å². The summed E-state index contributed by atoms with van der Waals surface area (Å²) in [4.78, 5) is 0. The van der Waals surface area contributed by atoms with Crippen molar-refractivity contribution in [3.05, 3.63) is 0 Å². The zero-order valence-electron chi connectivity index (χ0n) is 8.18. The van der Waals surface area contributed by atoms with Crippen molar-refractivity contribution in [1.29, 1.82) is 0 Å². The van der Waals surface area contributed by atoms with Crippen molar-refractivity contribution in [3.63, 3.8) is 0 Å². The van der Waals surface area contributed by atoms with E-state index in [0.29, 0.717) is 11.5 Å². The van der Waals surface area contributed by atoms with Crippen LogP contribution in [0.4, 0.5) is 0 Å². The summed E-state index contributed by atoms with van der Waals surface area (Å²) >= 11 is 0. The fourth-order valence-electron chi connectivity index (χ4n) is 1.79. The van der Waals surface area contributed by atoms with Crippen LogP contribution in [-0.4, -0.2) is 37.1 Å². The Bertz CT molecular complexity index is 193. The van der Waals surface area contributed by atoms with Gasteiger partial charge in [0.05, 0.1) is 11.1 Å². The summed E-state index contributed by atoms with van der Waals surface area (Å²) in [6.07, 6.45) is 0. The van der Waals surface area contributed by atoms with Crippen LogP contribution in [-0.2, 0) is 10.8 Å². The van der Waals surface area contributed by atoms with Gasteiger partial charge in [-0.2, -0.15) is 0 Å². The van der Waals surface area contributed by atoms with E-state index in [0.717, 1.165) is 0 Å². The first kappa shape index (κ1) is 10.2. The fraction of sp³-hybridized carbons (Fsp3) is 1.00. The van der Waals surface area contributed by atoms with Gasteiger partial charge in [0.2, 0.25) is 0 Å². The number of hydrogen-bond donors (Lipinski definition) is 0. The predicted molar refractivity (Wildman–Crippen MR) is 51.5 cm³/mol. The molecule has 0 aromatic carbocycles. The van der Waals surface area contributed by atoms with E-state index in [-0.39, 0.29) is 11.1 Å². The topological polar surface area (TPSA) is 43.2 Å². The van der Waals surface area contributed by atoms with Crippen LogP contribution >= 0.6 is 0 Å². The van der Waals surface area contributed by atoms with Crippen LogP contribution in [0.25, 0.3) is 0 Å². The van der Waals surface area contributed by atoms with E-state index in [4.69, 9.17) is 5.21 Å². The Kier molecular flexibility index (Phi) is 2.36. The smallest absolute Gasteiger partial charge is 0.0949 e. The quantitative estimate of drug-likeness (QED) is 0.516. The lowest BCUT2D eigenvalue weighted by atomic mass is 9.99. The van der Waals surface area contributed by atoms with E-state index in [1.165, 1.54) is 0 Å². The summed E-state index contributed by atoms with van der Waals surface area (Å²) in [5.74, 6) is 1.22. The van der Waals surface area contributed by atoms with Crippen molar-refractivity contribution >= 4 is 10.8 Å². The van der Waals surface area contributed by atoms with Gasteiger partial charge in [0.1, 0.15) is 0 Å². The van der Waals surface area contributed by atoms with E-state index in [9.17, 15) is 4.21 Å². The third-order valence-corrected chi connectivity index (χ3v) is 4.30. The van der Waals surface area contributed by atoms with Crippen LogP contribution < -0.4 is 0 Å². The van der Waals surface area contributed by atoms with Gasteiger partial charge in [0.15, 0.2) is 0 Å².